The molecule has 1 unspecified atom stereocenters. The van der Waals surface area contributed by atoms with E-state index in [-0.39, 0.29) is 16.3 Å². The number of hydrogen-bond acceptors (Lipinski definition) is 5. The van der Waals surface area contributed by atoms with E-state index in [0.717, 1.165) is 23.5 Å². The number of carbonyl (C=O) groups excluding carboxylic acids is 2. The summed E-state index contributed by atoms with van der Waals surface area (Å²) in [7, 11) is 0. The minimum absolute atomic E-state index is 0.167. The van der Waals surface area contributed by atoms with Gasteiger partial charge in [-0.05, 0) is 60.2 Å². The van der Waals surface area contributed by atoms with Crippen LogP contribution in [0.25, 0.3) is 16.0 Å². The molecular formula is C24H13ClF2N2O3S. The number of halogens is 3. The van der Waals surface area contributed by atoms with Gasteiger partial charge in [-0.1, -0.05) is 35.1 Å². The lowest BCUT2D eigenvalue weighted by molar-refractivity contribution is -0.132. The Labute approximate surface area is 195 Å². The van der Waals surface area contributed by atoms with Crippen molar-refractivity contribution in [2.75, 3.05) is 4.90 Å². The Kier molecular flexibility index (Phi) is 5.19. The van der Waals surface area contributed by atoms with Crippen LogP contribution >= 0.6 is 22.9 Å². The summed E-state index contributed by atoms with van der Waals surface area (Å²) in [4.78, 5) is 31.8. The standard InChI is InChI=1S/C24H13ClF2N2O3S/c25-14-3-1-2-13(10-14)20-19(21(30)12-4-6-15(26)7-5-12)22(31)23(32)29(20)24-28-17-9-8-16(27)11-18(17)33-24/h1-11,20,30H. The van der Waals surface area contributed by atoms with Crippen molar-refractivity contribution in [2.45, 2.75) is 6.04 Å². The van der Waals surface area contributed by atoms with Gasteiger partial charge < -0.3 is 5.11 Å². The zero-order chi connectivity index (χ0) is 23.3. The highest BCUT2D eigenvalue weighted by Crippen LogP contribution is 2.44. The summed E-state index contributed by atoms with van der Waals surface area (Å²) in [6.45, 7) is 0. The average molecular weight is 483 g/mol. The first kappa shape index (κ1) is 21.2. The third-order valence-electron chi connectivity index (χ3n) is 5.27. The van der Waals surface area contributed by atoms with Gasteiger partial charge in [0.25, 0.3) is 5.78 Å². The van der Waals surface area contributed by atoms with Crippen molar-refractivity contribution in [2.24, 2.45) is 0 Å². The molecule has 9 heteroatoms. The molecule has 5 rings (SSSR count). The van der Waals surface area contributed by atoms with Crippen LogP contribution in [0.3, 0.4) is 0 Å². The number of carbonyl (C=O) groups is 2. The Morgan fingerprint density at radius 2 is 1.73 bits per heavy atom. The Morgan fingerprint density at radius 3 is 2.45 bits per heavy atom. The second-order valence-electron chi connectivity index (χ2n) is 7.34. The minimum atomic E-state index is -1.04. The summed E-state index contributed by atoms with van der Waals surface area (Å²) < 4.78 is 27.6. The van der Waals surface area contributed by atoms with Gasteiger partial charge in [-0.25, -0.2) is 13.8 Å². The molecule has 1 saturated heterocycles. The molecule has 0 radical (unpaired) electrons. The highest BCUT2D eigenvalue weighted by atomic mass is 35.5. The molecule has 0 bridgehead atoms. The van der Waals surface area contributed by atoms with E-state index < -0.39 is 35.1 Å². The molecule has 0 spiro atoms. The number of thiazole rings is 1. The number of ketones is 1. The smallest absolute Gasteiger partial charge is 0.301 e. The Bertz CT molecular complexity index is 1470. The number of rotatable bonds is 3. The van der Waals surface area contributed by atoms with Crippen molar-refractivity contribution in [3.05, 3.63) is 100 Å². The third-order valence-corrected chi connectivity index (χ3v) is 6.52. The zero-order valence-electron chi connectivity index (χ0n) is 16.6. The first-order chi connectivity index (χ1) is 15.8. The van der Waals surface area contributed by atoms with Crippen LogP contribution in [-0.2, 0) is 9.59 Å². The molecule has 5 nitrogen and oxygen atoms in total. The van der Waals surface area contributed by atoms with Crippen molar-refractivity contribution in [3.8, 4) is 0 Å². The minimum Gasteiger partial charge on any atom is -0.507 e. The number of aromatic nitrogens is 1. The maximum Gasteiger partial charge on any atom is 0.301 e. The van der Waals surface area contributed by atoms with Crippen LogP contribution in [0.4, 0.5) is 13.9 Å². The van der Waals surface area contributed by atoms with Crippen LogP contribution in [0.5, 0.6) is 0 Å². The zero-order valence-corrected chi connectivity index (χ0v) is 18.2. The highest BCUT2D eigenvalue weighted by Gasteiger charge is 2.48. The number of Topliss-reactive ketones (excluding diaryl/α,β-unsaturated/α-hetero) is 1. The maximum atomic E-state index is 13.7. The van der Waals surface area contributed by atoms with Crippen LogP contribution in [-0.4, -0.2) is 21.8 Å². The molecule has 1 amide bonds. The van der Waals surface area contributed by atoms with E-state index in [9.17, 15) is 23.5 Å². The van der Waals surface area contributed by atoms with Crippen molar-refractivity contribution in [1.82, 2.24) is 4.98 Å². The van der Waals surface area contributed by atoms with E-state index in [1.54, 1.807) is 24.3 Å². The summed E-state index contributed by atoms with van der Waals surface area (Å²) in [5, 5.41) is 11.5. The monoisotopic (exact) mass is 482 g/mol. The van der Waals surface area contributed by atoms with Gasteiger partial charge in [0.05, 0.1) is 21.8 Å². The summed E-state index contributed by atoms with van der Waals surface area (Å²) in [6, 6.07) is 14.4. The number of benzene rings is 3. The van der Waals surface area contributed by atoms with Crippen molar-refractivity contribution in [3.63, 3.8) is 0 Å². The van der Waals surface area contributed by atoms with Gasteiger partial charge in [0.15, 0.2) is 5.13 Å². The van der Waals surface area contributed by atoms with Crippen molar-refractivity contribution < 1.29 is 23.5 Å². The summed E-state index contributed by atoms with van der Waals surface area (Å²) in [5.74, 6) is -3.24. The molecule has 1 atom stereocenters. The Balaban J connectivity index is 1.74. The van der Waals surface area contributed by atoms with E-state index >= 15 is 0 Å². The number of aliphatic hydroxyl groups is 1. The first-order valence-corrected chi connectivity index (χ1v) is 10.9. The van der Waals surface area contributed by atoms with Gasteiger partial charge in [-0.3, -0.25) is 14.5 Å². The van der Waals surface area contributed by atoms with E-state index in [0.29, 0.717) is 20.8 Å². The van der Waals surface area contributed by atoms with Gasteiger partial charge in [-0.2, -0.15) is 0 Å². The second-order valence-corrected chi connectivity index (χ2v) is 8.79. The number of fused-ring (bicyclic) bond motifs is 1. The van der Waals surface area contributed by atoms with Gasteiger partial charge in [0.1, 0.15) is 17.4 Å². The largest absolute Gasteiger partial charge is 0.507 e. The lowest BCUT2D eigenvalue weighted by atomic mass is 9.95. The molecule has 4 aromatic rings. The molecule has 1 aromatic heterocycles. The van der Waals surface area contributed by atoms with Crippen LogP contribution in [0, 0.1) is 11.6 Å². The number of aliphatic hydroxyl groups excluding tert-OH is 1. The number of amides is 1. The third kappa shape index (κ3) is 3.67. The van der Waals surface area contributed by atoms with Crippen LogP contribution in [0.1, 0.15) is 17.2 Å². The predicted molar refractivity (Wildman–Crippen MR) is 122 cm³/mol. The molecule has 3 aromatic carbocycles. The summed E-state index contributed by atoms with van der Waals surface area (Å²) in [5.41, 5.74) is 0.921. The molecule has 1 fully saturated rings. The normalized spacial score (nSPS) is 17.8. The fourth-order valence-corrected chi connectivity index (χ4v) is 4.99. The van der Waals surface area contributed by atoms with Crippen molar-refractivity contribution in [1.29, 1.82) is 0 Å². The lowest BCUT2D eigenvalue weighted by Crippen LogP contribution is -2.29. The number of nitrogens with zero attached hydrogens (tertiary/aromatic N) is 2. The number of hydrogen-bond donors (Lipinski definition) is 1. The van der Waals surface area contributed by atoms with E-state index in [1.165, 1.54) is 35.2 Å². The molecule has 164 valence electrons. The number of anilines is 1. The van der Waals surface area contributed by atoms with Crippen LogP contribution < -0.4 is 4.90 Å². The Hall–Kier alpha value is -3.62. The van der Waals surface area contributed by atoms with E-state index in [4.69, 9.17) is 11.6 Å². The van der Waals surface area contributed by atoms with E-state index in [2.05, 4.69) is 4.98 Å². The predicted octanol–water partition coefficient (Wildman–Crippen LogP) is 5.85. The van der Waals surface area contributed by atoms with Crippen LogP contribution in [0.2, 0.25) is 5.02 Å². The molecule has 2 heterocycles. The second kappa shape index (κ2) is 8.06. The summed E-state index contributed by atoms with van der Waals surface area (Å²) in [6.07, 6.45) is 0. The fraction of sp³-hybridized carbons (Fsp3) is 0.0417. The highest BCUT2D eigenvalue weighted by molar-refractivity contribution is 7.22. The molecule has 0 saturated carbocycles. The van der Waals surface area contributed by atoms with Crippen LogP contribution in [0.15, 0.2) is 72.3 Å². The molecule has 1 aliphatic rings. The molecular weight excluding hydrogens is 470 g/mol. The first-order valence-electron chi connectivity index (χ1n) is 9.72. The summed E-state index contributed by atoms with van der Waals surface area (Å²) >= 11 is 7.21. The molecule has 0 aliphatic carbocycles. The van der Waals surface area contributed by atoms with Gasteiger partial charge in [-0.15, -0.1) is 0 Å². The topological polar surface area (TPSA) is 70.5 Å². The van der Waals surface area contributed by atoms with Crippen molar-refractivity contribution >= 4 is 55.7 Å². The van der Waals surface area contributed by atoms with E-state index in [1.807, 2.05) is 0 Å². The Morgan fingerprint density at radius 1 is 1.00 bits per heavy atom. The van der Waals surface area contributed by atoms with Gasteiger partial charge in [0, 0.05) is 10.6 Å². The van der Waals surface area contributed by atoms with Gasteiger partial charge >= 0.3 is 5.91 Å². The molecule has 1 N–H and O–H groups in total. The fourth-order valence-electron chi connectivity index (χ4n) is 3.77. The quantitative estimate of drug-likeness (QED) is 0.226. The SMILES string of the molecule is O=C1C(=O)N(c2nc3ccc(F)cc3s2)C(c2cccc(Cl)c2)C1=C(O)c1ccc(F)cc1. The maximum absolute atomic E-state index is 13.7. The lowest BCUT2D eigenvalue weighted by Gasteiger charge is -2.23. The molecule has 1 aliphatic heterocycles. The average Bonchev–Trinajstić information content (AvgIpc) is 3.32. The molecule has 33 heavy (non-hydrogen) atoms. The van der Waals surface area contributed by atoms with Gasteiger partial charge in [0.2, 0.25) is 0 Å².